The number of amides is 1. The number of carbonyl (C=O) groups excluding carboxylic acids is 1. The smallest absolute Gasteiger partial charge is 0.223 e. The molecular weight excluding hydrogens is 230 g/mol. The molecule has 18 heavy (non-hydrogen) atoms. The Morgan fingerprint density at radius 3 is 3.00 bits per heavy atom. The molecule has 1 aromatic rings. The lowest BCUT2D eigenvalue weighted by Crippen LogP contribution is -2.26. The Labute approximate surface area is 107 Å². The second-order valence-corrected chi connectivity index (χ2v) is 4.69. The molecule has 1 aliphatic carbocycles. The highest BCUT2D eigenvalue weighted by Crippen LogP contribution is 2.20. The molecule has 98 valence electrons. The zero-order valence-corrected chi connectivity index (χ0v) is 10.6. The molecule has 0 aromatic heterocycles. The van der Waals surface area contributed by atoms with Crippen molar-refractivity contribution in [1.29, 1.82) is 0 Å². The highest BCUT2D eigenvalue weighted by molar-refractivity contribution is 5.76. The van der Waals surface area contributed by atoms with E-state index < -0.39 is 6.10 Å². The fourth-order valence-corrected chi connectivity index (χ4v) is 1.65. The SMILES string of the molecule is CC(O)c1cccc(OCCC(=O)NC2CC2)c1. The number of carbonyl (C=O) groups is 1. The third-order valence-electron chi connectivity index (χ3n) is 2.88. The molecule has 1 unspecified atom stereocenters. The highest BCUT2D eigenvalue weighted by Gasteiger charge is 2.22. The van der Waals surface area contributed by atoms with Crippen molar-refractivity contribution in [1.82, 2.24) is 5.32 Å². The van der Waals surface area contributed by atoms with E-state index in [0.29, 0.717) is 24.8 Å². The van der Waals surface area contributed by atoms with Crippen molar-refractivity contribution in [3.05, 3.63) is 29.8 Å². The predicted octanol–water partition coefficient (Wildman–Crippen LogP) is 1.79. The van der Waals surface area contributed by atoms with Crippen LogP contribution in [0.2, 0.25) is 0 Å². The van der Waals surface area contributed by atoms with E-state index in [1.807, 2.05) is 18.2 Å². The molecule has 0 bridgehead atoms. The van der Waals surface area contributed by atoms with Gasteiger partial charge in [-0.1, -0.05) is 12.1 Å². The summed E-state index contributed by atoms with van der Waals surface area (Å²) in [4.78, 5) is 11.4. The summed E-state index contributed by atoms with van der Waals surface area (Å²) in [5.74, 6) is 0.733. The highest BCUT2D eigenvalue weighted by atomic mass is 16.5. The van der Waals surface area contributed by atoms with Crippen LogP contribution in [0.1, 0.15) is 37.9 Å². The Hall–Kier alpha value is -1.55. The summed E-state index contributed by atoms with van der Waals surface area (Å²) in [6.07, 6.45) is 2.06. The lowest BCUT2D eigenvalue weighted by Gasteiger charge is -2.09. The maximum Gasteiger partial charge on any atom is 0.223 e. The molecule has 0 spiro atoms. The minimum atomic E-state index is -0.508. The fraction of sp³-hybridized carbons (Fsp3) is 0.500. The molecule has 0 heterocycles. The van der Waals surface area contributed by atoms with Crippen LogP contribution in [0, 0.1) is 0 Å². The number of benzene rings is 1. The van der Waals surface area contributed by atoms with Crippen LogP contribution in [0.15, 0.2) is 24.3 Å². The topological polar surface area (TPSA) is 58.6 Å². The van der Waals surface area contributed by atoms with Crippen LogP contribution < -0.4 is 10.1 Å². The van der Waals surface area contributed by atoms with Gasteiger partial charge in [-0.3, -0.25) is 4.79 Å². The third kappa shape index (κ3) is 4.04. The Kier molecular flexibility index (Phi) is 4.20. The van der Waals surface area contributed by atoms with Crippen molar-refractivity contribution < 1.29 is 14.6 Å². The van der Waals surface area contributed by atoms with Crippen LogP contribution in [0.4, 0.5) is 0 Å². The summed E-state index contributed by atoms with van der Waals surface area (Å²) < 4.78 is 5.50. The van der Waals surface area contributed by atoms with E-state index in [1.54, 1.807) is 13.0 Å². The summed E-state index contributed by atoms with van der Waals surface area (Å²) in [6.45, 7) is 2.07. The number of hydrogen-bond acceptors (Lipinski definition) is 3. The maximum absolute atomic E-state index is 11.4. The van der Waals surface area contributed by atoms with Gasteiger partial charge in [0.15, 0.2) is 0 Å². The molecule has 1 amide bonds. The van der Waals surface area contributed by atoms with Crippen LogP contribution in [0.25, 0.3) is 0 Å². The number of rotatable bonds is 6. The van der Waals surface area contributed by atoms with Gasteiger partial charge in [0.25, 0.3) is 0 Å². The molecule has 0 saturated heterocycles. The second kappa shape index (κ2) is 5.87. The van der Waals surface area contributed by atoms with Gasteiger partial charge in [0.1, 0.15) is 5.75 Å². The summed E-state index contributed by atoms with van der Waals surface area (Å²) in [6, 6.07) is 7.70. The number of aliphatic hydroxyl groups is 1. The summed E-state index contributed by atoms with van der Waals surface area (Å²) in [5, 5.41) is 12.4. The van der Waals surface area contributed by atoms with Crippen LogP contribution in [0.3, 0.4) is 0 Å². The van der Waals surface area contributed by atoms with E-state index in [4.69, 9.17) is 4.74 Å². The number of nitrogens with one attached hydrogen (secondary N) is 1. The quantitative estimate of drug-likeness (QED) is 0.808. The van der Waals surface area contributed by atoms with Crippen molar-refractivity contribution in [3.8, 4) is 5.75 Å². The van der Waals surface area contributed by atoms with E-state index in [1.165, 1.54) is 0 Å². The molecule has 1 atom stereocenters. The molecule has 0 aliphatic heterocycles. The molecule has 4 nitrogen and oxygen atoms in total. The molecule has 1 saturated carbocycles. The Morgan fingerprint density at radius 2 is 2.33 bits per heavy atom. The molecule has 2 rings (SSSR count). The first-order valence-electron chi connectivity index (χ1n) is 6.35. The van der Waals surface area contributed by atoms with E-state index >= 15 is 0 Å². The van der Waals surface area contributed by atoms with Crippen molar-refractivity contribution in [2.45, 2.75) is 38.3 Å². The summed E-state index contributed by atoms with van der Waals surface area (Å²) in [7, 11) is 0. The fourth-order valence-electron chi connectivity index (χ4n) is 1.65. The average Bonchev–Trinajstić information content (AvgIpc) is 3.13. The largest absolute Gasteiger partial charge is 0.493 e. The average molecular weight is 249 g/mol. The van der Waals surface area contributed by atoms with Gasteiger partial charge in [-0.15, -0.1) is 0 Å². The zero-order chi connectivity index (χ0) is 13.0. The van der Waals surface area contributed by atoms with Gasteiger partial charge in [0, 0.05) is 6.04 Å². The lowest BCUT2D eigenvalue weighted by molar-refractivity contribution is -0.121. The third-order valence-corrected chi connectivity index (χ3v) is 2.88. The minimum Gasteiger partial charge on any atom is -0.493 e. The van der Waals surface area contributed by atoms with Gasteiger partial charge >= 0.3 is 0 Å². The van der Waals surface area contributed by atoms with E-state index in [0.717, 1.165) is 18.4 Å². The summed E-state index contributed by atoms with van der Waals surface area (Å²) in [5.41, 5.74) is 0.815. The van der Waals surface area contributed by atoms with E-state index in [-0.39, 0.29) is 5.91 Å². The first-order valence-corrected chi connectivity index (χ1v) is 6.35. The van der Waals surface area contributed by atoms with Gasteiger partial charge in [0.2, 0.25) is 5.91 Å². The number of hydrogen-bond donors (Lipinski definition) is 2. The molecule has 1 aliphatic rings. The van der Waals surface area contributed by atoms with Gasteiger partial charge in [-0.25, -0.2) is 0 Å². The molecule has 0 radical (unpaired) electrons. The molecule has 4 heteroatoms. The van der Waals surface area contributed by atoms with Crippen molar-refractivity contribution >= 4 is 5.91 Å². The maximum atomic E-state index is 11.4. The molecule has 1 aromatic carbocycles. The van der Waals surface area contributed by atoms with Crippen molar-refractivity contribution in [3.63, 3.8) is 0 Å². The Morgan fingerprint density at radius 1 is 1.56 bits per heavy atom. The van der Waals surface area contributed by atoms with Crippen molar-refractivity contribution in [2.75, 3.05) is 6.61 Å². The molecule has 1 fully saturated rings. The lowest BCUT2D eigenvalue weighted by atomic mass is 10.1. The zero-order valence-electron chi connectivity index (χ0n) is 10.6. The molecular formula is C14H19NO3. The predicted molar refractivity (Wildman–Crippen MR) is 68.4 cm³/mol. The van der Waals surface area contributed by atoms with Crippen LogP contribution in [0.5, 0.6) is 5.75 Å². The summed E-state index contributed by atoms with van der Waals surface area (Å²) >= 11 is 0. The van der Waals surface area contributed by atoms with Crippen LogP contribution in [-0.2, 0) is 4.79 Å². The first-order chi connectivity index (χ1) is 8.65. The minimum absolute atomic E-state index is 0.0455. The van der Waals surface area contributed by atoms with Gasteiger partial charge < -0.3 is 15.2 Å². The number of ether oxygens (including phenoxy) is 1. The second-order valence-electron chi connectivity index (χ2n) is 4.69. The van der Waals surface area contributed by atoms with E-state index in [9.17, 15) is 9.90 Å². The van der Waals surface area contributed by atoms with Gasteiger partial charge in [0.05, 0.1) is 19.1 Å². The number of aliphatic hydroxyl groups excluding tert-OH is 1. The van der Waals surface area contributed by atoms with Crippen LogP contribution >= 0.6 is 0 Å². The monoisotopic (exact) mass is 249 g/mol. The molecule has 2 N–H and O–H groups in total. The normalized spacial score (nSPS) is 16.1. The van der Waals surface area contributed by atoms with E-state index in [2.05, 4.69) is 5.32 Å². The van der Waals surface area contributed by atoms with Crippen LogP contribution in [-0.4, -0.2) is 23.7 Å². The van der Waals surface area contributed by atoms with Gasteiger partial charge in [-0.05, 0) is 37.5 Å². The van der Waals surface area contributed by atoms with Gasteiger partial charge in [-0.2, -0.15) is 0 Å². The Balaban J connectivity index is 1.75. The Bertz CT molecular complexity index is 413. The standard InChI is InChI=1S/C14H19NO3/c1-10(16)11-3-2-4-13(9-11)18-8-7-14(17)15-12-5-6-12/h2-4,9-10,12,16H,5-8H2,1H3,(H,15,17). The first kappa shape index (κ1) is 12.9. The van der Waals surface area contributed by atoms with Crippen molar-refractivity contribution in [2.24, 2.45) is 0 Å².